The van der Waals surface area contributed by atoms with Crippen LogP contribution < -0.4 is 0 Å². The zero-order valence-corrected chi connectivity index (χ0v) is 16.6. The van der Waals surface area contributed by atoms with E-state index in [1.165, 1.54) is 61.1 Å². The van der Waals surface area contributed by atoms with E-state index in [2.05, 4.69) is 51.7 Å². The second kappa shape index (κ2) is 6.96. The van der Waals surface area contributed by atoms with Crippen molar-refractivity contribution in [3.05, 3.63) is 64.4 Å². The molecule has 1 fully saturated rings. The quantitative estimate of drug-likeness (QED) is 0.634. The number of hydrogen-bond donors (Lipinski definition) is 0. The lowest BCUT2D eigenvalue weighted by Gasteiger charge is -2.34. The Morgan fingerprint density at radius 3 is 2.78 bits per heavy atom. The molecule has 1 atom stereocenters. The average molecular weight is 380 g/mol. The monoisotopic (exact) mass is 379 g/mol. The van der Waals surface area contributed by atoms with Crippen molar-refractivity contribution >= 4 is 22.6 Å². The molecule has 140 valence electrons. The van der Waals surface area contributed by atoms with Crippen LogP contribution in [0.15, 0.2) is 42.7 Å². The first-order valence-corrected chi connectivity index (χ1v) is 10.5. The standard InChI is InChI=1S/C23H26ClN3/c1-16-5-6-23-22(11-16)25-15-27(23)19-7-9-26(10-8-19)14-17-12-18-3-2-4-21(24)20(18)13-17/h2-6,11,15,17,19H,7-10,12-14H2,1H3. The van der Waals surface area contributed by atoms with Gasteiger partial charge in [-0.1, -0.05) is 29.8 Å². The fraction of sp³-hybridized carbons (Fsp3) is 0.435. The molecule has 27 heavy (non-hydrogen) atoms. The van der Waals surface area contributed by atoms with Crippen molar-refractivity contribution < 1.29 is 0 Å². The van der Waals surface area contributed by atoms with E-state index in [4.69, 9.17) is 11.6 Å². The molecule has 2 aliphatic rings. The number of imidazole rings is 1. The van der Waals surface area contributed by atoms with Gasteiger partial charge in [-0.05, 0) is 73.4 Å². The van der Waals surface area contributed by atoms with Crippen molar-refractivity contribution in [2.75, 3.05) is 19.6 Å². The molecule has 0 saturated carbocycles. The number of aromatic nitrogens is 2. The molecule has 1 unspecified atom stereocenters. The maximum Gasteiger partial charge on any atom is 0.0960 e. The summed E-state index contributed by atoms with van der Waals surface area (Å²) in [6.45, 7) is 5.68. The van der Waals surface area contributed by atoms with Gasteiger partial charge in [0.2, 0.25) is 0 Å². The minimum Gasteiger partial charge on any atom is -0.327 e. The molecule has 1 aliphatic heterocycles. The lowest BCUT2D eigenvalue weighted by atomic mass is 10.0. The van der Waals surface area contributed by atoms with Crippen molar-refractivity contribution in [3.8, 4) is 0 Å². The average Bonchev–Trinajstić information content (AvgIpc) is 3.26. The predicted molar refractivity (Wildman–Crippen MR) is 112 cm³/mol. The third-order valence-electron chi connectivity index (χ3n) is 6.41. The van der Waals surface area contributed by atoms with Crippen molar-refractivity contribution in [1.82, 2.24) is 14.5 Å². The van der Waals surface area contributed by atoms with E-state index in [1.54, 1.807) is 0 Å². The summed E-state index contributed by atoms with van der Waals surface area (Å²) < 4.78 is 2.40. The third-order valence-corrected chi connectivity index (χ3v) is 6.77. The van der Waals surface area contributed by atoms with E-state index in [9.17, 15) is 0 Å². The first-order valence-electron chi connectivity index (χ1n) is 10.1. The van der Waals surface area contributed by atoms with Crippen molar-refractivity contribution in [3.63, 3.8) is 0 Å². The van der Waals surface area contributed by atoms with Gasteiger partial charge in [0.15, 0.2) is 0 Å². The second-order valence-corrected chi connectivity index (χ2v) is 8.73. The van der Waals surface area contributed by atoms with E-state index in [1.807, 2.05) is 12.4 Å². The highest BCUT2D eigenvalue weighted by Crippen LogP contribution is 2.34. The number of fused-ring (bicyclic) bond motifs is 2. The first kappa shape index (κ1) is 17.3. The summed E-state index contributed by atoms with van der Waals surface area (Å²) in [5.41, 5.74) is 6.53. The zero-order chi connectivity index (χ0) is 18.4. The highest BCUT2D eigenvalue weighted by molar-refractivity contribution is 6.31. The Morgan fingerprint density at radius 1 is 1.11 bits per heavy atom. The van der Waals surface area contributed by atoms with E-state index in [-0.39, 0.29) is 0 Å². The Morgan fingerprint density at radius 2 is 1.96 bits per heavy atom. The number of halogens is 1. The second-order valence-electron chi connectivity index (χ2n) is 8.33. The Balaban J connectivity index is 1.21. The summed E-state index contributed by atoms with van der Waals surface area (Å²) in [7, 11) is 0. The number of benzene rings is 2. The van der Waals surface area contributed by atoms with Crippen LogP contribution in [0, 0.1) is 12.8 Å². The number of piperidine rings is 1. The van der Waals surface area contributed by atoms with Crippen LogP contribution in [0.1, 0.15) is 35.6 Å². The number of aryl methyl sites for hydroxylation is 1. The molecule has 1 aliphatic carbocycles. The molecule has 0 amide bonds. The number of rotatable bonds is 3. The summed E-state index contributed by atoms with van der Waals surface area (Å²) in [6, 6.07) is 13.5. The summed E-state index contributed by atoms with van der Waals surface area (Å²) in [5, 5.41) is 0.955. The number of likely N-dealkylation sites (tertiary alicyclic amines) is 1. The van der Waals surface area contributed by atoms with Gasteiger partial charge in [-0.25, -0.2) is 4.98 Å². The Hall–Kier alpha value is -1.84. The molecule has 3 aromatic rings. The van der Waals surface area contributed by atoms with Crippen LogP contribution in [0.3, 0.4) is 0 Å². The van der Waals surface area contributed by atoms with E-state index >= 15 is 0 Å². The van der Waals surface area contributed by atoms with Crippen LogP contribution in [-0.2, 0) is 12.8 Å². The molecule has 0 N–H and O–H groups in total. The van der Waals surface area contributed by atoms with Gasteiger partial charge >= 0.3 is 0 Å². The largest absolute Gasteiger partial charge is 0.327 e. The maximum absolute atomic E-state index is 6.39. The Labute approximate surface area is 166 Å². The van der Waals surface area contributed by atoms with E-state index in [0.29, 0.717) is 12.0 Å². The lowest BCUT2D eigenvalue weighted by Crippen LogP contribution is -2.37. The molecule has 2 heterocycles. The minimum atomic E-state index is 0.573. The maximum atomic E-state index is 6.39. The summed E-state index contributed by atoms with van der Waals surface area (Å²) in [4.78, 5) is 7.28. The molecule has 0 radical (unpaired) electrons. The van der Waals surface area contributed by atoms with Crippen molar-refractivity contribution in [2.24, 2.45) is 5.92 Å². The number of nitrogens with zero attached hydrogens (tertiary/aromatic N) is 3. The fourth-order valence-corrected chi connectivity index (χ4v) is 5.27. The van der Waals surface area contributed by atoms with Gasteiger partial charge < -0.3 is 9.47 Å². The molecule has 1 saturated heterocycles. The Kier molecular flexibility index (Phi) is 4.45. The van der Waals surface area contributed by atoms with Crippen molar-refractivity contribution in [2.45, 2.75) is 38.6 Å². The molecule has 0 spiro atoms. The zero-order valence-electron chi connectivity index (χ0n) is 15.9. The SMILES string of the molecule is Cc1ccc2c(c1)ncn2C1CCN(CC2Cc3cccc(Cl)c3C2)CC1. The van der Waals surface area contributed by atoms with Gasteiger partial charge in [-0.2, -0.15) is 0 Å². The molecule has 4 heteroatoms. The first-order chi connectivity index (χ1) is 13.2. The van der Waals surface area contributed by atoms with Gasteiger partial charge in [0.1, 0.15) is 0 Å². The van der Waals surface area contributed by atoms with E-state index in [0.717, 1.165) is 17.0 Å². The third kappa shape index (κ3) is 3.28. The normalized spacial score (nSPS) is 21.0. The topological polar surface area (TPSA) is 21.1 Å². The molecule has 3 nitrogen and oxygen atoms in total. The van der Waals surface area contributed by atoms with Crippen LogP contribution in [0.4, 0.5) is 0 Å². The molecular formula is C23H26ClN3. The van der Waals surface area contributed by atoms with E-state index < -0.39 is 0 Å². The molecule has 1 aromatic heterocycles. The van der Waals surface area contributed by atoms with Gasteiger partial charge in [0.05, 0.1) is 17.4 Å². The summed E-state index contributed by atoms with van der Waals surface area (Å²) in [5.74, 6) is 0.716. The molecular weight excluding hydrogens is 354 g/mol. The molecule has 0 bridgehead atoms. The highest BCUT2D eigenvalue weighted by atomic mass is 35.5. The van der Waals surface area contributed by atoms with Gasteiger partial charge in [-0.3, -0.25) is 0 Å². The van der Waals surface area contributed by atoms with Gasteiger partial charge in [-0.15, -0.1) is 0 Å². The molecule has 5 rings (SSSR count). The Bertz CT molecular complexity index is 969. The van der Waals surface area contributed by atoms with Crippen LogP contribution in [-0.4, -0.2) is 34.1 Å². The summed E-state index contributed by atoms with van der Waals surface area (Å²) >= 11 is 6.39. The van der Waals surface area contributed by atoms with Crippen molar-refractivity contribution in [1.29, 1.82) is 0 Å². The minimum absolute atomic E-state index is 0.573. The number of hydrogen-bond acceptors (Lipinski definition) is 2. The molecule has 2 aromatic carbocycles. The van der Waals surface area contributed by atoms with Crippen LogP contribution in [0.5, 0.6) is 0 Å². The summed E-state index contributed by atoms with van der Waals surface area (Å²) in [6.07, 6.45) is 6.78. The van der Waals surface area contributed by atoms with Crippen LogP contribution in [0.25, 0.3) is 11.0 Å². The predicted octanol–water partition coefficient (Wildman–Crippen LogP) is 5.05. The lowest BCUT2D eigenvalue weighted by molar-refractivity contribution is 0.165. The fourth-order valence-electron chi connectivity index (χ4n) is 5.00. The smallest absolute Gasteiger partial charge is 0.0960 e. The van der Waals surface area contributed by atoms with Crippen LogP contribution in [0.2, 0.25) is 5.02 Å². The van der Waals surface area contributed by atoms with Crippen LogP contribution >= 0.6 is 11.6 Å². The highest BCUT2D eigenvalue weighted by Gasteiger charge is 2.28. The van der Waals surface area contributed by atoms with Gasteiger partial charge in [0.25, 0.3) is 0 Å². The van der Waals surface area contributed by atoms with Gasteiger partial charge in [0, 0.05) is 30.7 Å².